The van der Waals surface area contributed by atoms with Crippen LogP contribution in [0.15, 0.2) is 18.3 Å². The highest BCUT2D eigenvalue weighted by atomic mass is 16.4. The molecule has 1 aliphatic rings. The van der Waals surface area contributed by atoms with Gasteiger partial charge in [0.2, 0.25) is 0 Å². The Balaban J connectivity index is 2.20. The molecule has 1 N–H and O–H groups in total. The number of aliphatic carboxylic acids is 1. The first-order chi connectivity index (χ1) is 6.27. The van der Waals surface area contributed by atoms with Gasteiger partial charge in [-0.1, -0.05) is 0 Å². The highest BCUT2D eigenvalue weighted by Gasteiger charge is 2.20. The highest BCUT2D eigenvalue weighted by Crippen LogP contribution is 2.27. The van der Waals surface area contributed by atoms with Gasteiger partial charge in [0.1, 0.15) is 0 Å². The van der Waals surface area contributed by atoms with Crippen molar-refractivity contribution < 1.29 is 9.90 Å². The van der Waals surface area contributed by atoms with E-state index in [0.29, 0.717) is 0 Å². The van der Waals surface area contributed by atoms with Gasteiger partial charge in [-0.25, -0.2) is 0 Å². The first-order valence-corrected chi connectivity index (χ1v) is 4.65. The summed E-state index contributed by atoms with van der Waals surface area (Å²) >= 11 is 0. The van der Waals surface area contributed by atoms with Gasteiger partial charge in [-0.05, 0) is 31.4 Å². The Morgan fingerprint density at radius 2 is 2.54 bits per heavy atom. The van der Waals surface area contributed by atoms with Crippen LogP contribution in [0.4, 0.5) is 0 Å². The molecular weight excluding hydrogens is 166 g/mol. The number of rotatable bonds is 2. The predicted molar refractivity (Wildman–Crippen MR) is 48.7 cm³/mol. The van der Waals surface area contributed by atoms with Crippen LogP contribution in [0.2, 0.25) is 0 Å². The van der Waals surface area contributed by atoms with Crippen molar-refractivity contribution in [3.8, 4) is 0 Å². The van der Waals surface area contributed by atoms with Gasteiger partial charge in [0, 0.05) is 17.9 Å². The summed E-state index contributed by atoms with van der Waals surface area (Å²) in [6.07, 6.45) is 5.43. The van der Waals surface area contributed by atoms with Gasteiger partial charge in [0.25, 0.3) is 0 Å². The molecule has 2 heterocycles. The van der Waals surface area contributed by atoms with Crippen LogP contribution in [-0.4, -0.2) is 15.6 Å². The van der Waals surface area contributed by atoms with Crippen molar-refractivity contribution in [2.75, 3.05) is 0 Å². The van der Waals surface area contributed by atoms with Crippen molar-refractivity contribution in [2.24, 2.45) is 0 Å². The number of carboxylic acid groups (broad SMARTS) is 1. The van der Waals surface area contributed by atoms with Gasteiger partial charge in [0.15, 0.2) is 0 Å². The Hall–Kier alpha value is -1.25. The smallest absolute Gasteiger partial charge is 0.305 e. The van der Waals surface area contributed by atoms with E-state index in [2.05, 4.69) is 10.6 Å². The fourth-order valence-corrected chi connectivity index (χ4v) is 2.06. The second-order valence-electron chi connectivity index (χ2n) is 3.55. The van der Waals surface area contributed by atoms with Crippen LogP contribution >= 0.6 is 0 Å². The van der Waals surface area contributed by atoms with Crippen molar-refractivity contribution in [1.82, 2.24) is 4.57 Å². The largest absolute Gasteiger partial charge is 0.481 e. The summed E-state index contributed by atoms with van der Waals surface area (Å²) in [5.41, 5.74) is 1.28. The molecule has 0 radical (unpaired) electrons. The van der Waals surface area contributed by atoms with Gasteiger partial charge >= 0.3 is 5.97 Å². The fraction of sp³-hybridized carbons (Fsp3) is 0.500. The second-order valence-corrected chi connectivity index (χ2v) is 3.55. The number of aromatic nitrogens is 1. The number of hydrogen-bond acceptors (Lipinski definition) is 1. The summed E-state index contributed by atoms with van der Waals surface area (Å²) in [6.45, 7) is 0. The molecule has 1 aromatic heterocycles. The van der Waals surface area contributed by atoms with Crippen molar-refractivity contribution >= 4 is 5.97 Å². The maximum Gasteiger partial charge on any atom is 0.305 e. The molecule has 13 heavy (non-hydrogen) atoms. The third-order valence-electron chi connectivity index (χ3n) is 2.64. The molecule has 1 aliphatic heterocycles. The summed E-state index contributed by atoms with van der Waals surface area (Å²) < 4.78 is 2.11. The van der Waals surface area contributed by atoms with Gasteiger partial charge < -0.3 is 9.67 Å². The molecule has 0 unspecified atom stereocenters. The third kappa shape index (κ3) is 1.59. The lowest BCUT2D eigenvalue weighted by atomic mass is 10.0. The van der Waals surface area contributed by atoms with E-state index in [1.165, 1.54) is 5.69 Å². The molecule has 3 heteroatoms. The maximum absolute atomic E-state index is 10.6. The first-order valence-electron chi connectivity index (χ1n) is 4.65. The molecule has 0 aliphatic carbocycles. The van der Waals surface area contributed by atoms with E-state index in [1.807, 2.05) is 12.3 Å². The lowest BCUT2D eigenvalue weighted by Gasteiger charge is -2.24. The second kappa shape index (κ2) is 3.24. The van der Waals surface area contributed by atoms with E-state index >= 15 is 0 Å². The topological polar surface area (TPSA) is 42.2 Å². The van der Waals surface area contributed by atoms with Crippen LogP contribution < -0.4 is 0 Å². The van der Waals surface area contributed by atoms with Gasteiger partial charge in [-0.2, -0.15) is 0 Å². The van der Waals surface area contributed by atoms with Crippen LogP contribution in [0.3, 0.4) is 0 Å². The Morgan fingerprint density at radius 3 is 3.31 bits per heavy atom. The zero-order chi connectivity index (χ0) is 9.26. The Kier molecular flexibility index (Phi) is 2.08. The number of fused-ring (bicyclic) bond motifs is 1. The Morgan fingerprint density at radius 1 is 1.69 bits per heavy atom. The van der Waals surface area contributed by atoms with Crippen molar-refractivity contribution in [3.05, 3.63) is 24.0 Å². The lowest BCUT2D eigenvalue weighted by Crippen LogP contribution is -2.19. The summed E-state index contributed by atoms with van der Waals surface area (Å²) in [4.78, 5) is 10.6. The predicted octanol–water partition coefficient (Wildman–Crippen LogP) is 1.84. The molecule has 0 bridgehead atoms. The summed E-state index contributed by atoms with van der Waals surface area (Å²) in [5, 5.41) is 8.72. The molecule has 2 rings (SSSR count). The molecule has 0 amide bonds. The maximum atomic E-state index is 10.6. The van der Waals surface area contributed by atoms with Crippen molar-refractivity contribution in [3.63, 3.8) is 0 Å². The summed E-state index contributed by atoms with van der Waals surface area (Å²) in [7, 11) is 0. The standard InChI is InChI=1S/C10H13NO2/c12-10(13)7-9-4-1-3-8-5-2-6-11(8)9/h2,5-6,9H,1,3-4,7H2,(H,12,13)/t9-/m0/s1. The first kappa shape index (κ1) is 8.35. The molecule has 1 atom stereocenters. The Labute approximate surface area is 77.0 Å². The van der Waals surface area contributed by atoms with E-state index < -0.39 is 5.97 Å². The van der Waals surface area contributed by atoms with E-state index in [0.717, 1.165) is 19.3 Å². The average Bonchev–Trinajstić information content (AvgIpc) is 2.51. The van der Waals surface area contributed by atoms with Crippen molar-refractivity contribution in [1.29, 1.82) is 0 Å². The number of nitrogens with zero attached hydrogens (tertiary/aromatic N) is 1. The lowest BCUT2D eigenvalue weighted by molar-refractivity contribution is -0.138. The van der Waals surface area contributed by atoms with Gasteiger partial charge in [-0.3, -0.25) is 4.79 Å². The quantitative estimate of drug-likeness (QED) is 0.752. The fourth-order valence-electron chi connectivity index (χ4n) is 2.06. The van der Waals surface area contributed by atoms with E-state index in [9.17, 15) is 4.79 Å². The van der Waals surface area contributed by atoms with Crippen LogP contribution in [0.1, 0.15) is 31.0 Å². The molecule has 3 nitrogen and oxygen atoms in total. The number of carboxylic acids is 1. The molecule has 0 spiro atoms. The average molecular weight is 179 g/mol. The third-order valence-corrected chi connectivity index (χ3v) is 2.64. The normalized spacial score (nSPS) is 21.1. The zero-order valence-electron chi connectivity index (χ0n) is 7.44. The van der Waals surface area contributed by atoms with Crippen LogP contribution in [-0.2, 0) is 11.2 Å². The number of carbonyl (C=O) groups is 1. The molecule has 0 fully saturated rings. The van der Waals surface area contributed by atoms with Gasteiger partial charge in [-0.15, -0.1) is 0 Å². The summed E-state index contributed by atoms with van der Waals surface area (Å²) in [6, 6.07) is 4.25. The van der Waals surface area contributed by atoms with Crippen LogP contribution in [0.5, 0.6) is 0 Å². The number of aryl methyl sites for hydroxylation is 1. The minimum atomic E-state index is -0.702. The minimum Gasteiger partial charge on any atom is -0.481 e. The van der Waals surface area contributed by atoms with Gasteiger partial charge in [0.05, 0.1) is 6.42 Å². The monoisotopic (exact) mass is 179 g/mol. The molecule has 70 valence electrons. The zero-order valence-corrected chi connectivity index (χ0v) is 7.44. The Bertz CT molecular complexity index is 316. The summed E-state index contributed by atoms with van der Waals surface area (Å²) in [5.74, 6) is -0.702. The molecule has 0 saturated heterocycles. The van der Waals surface area contributed by atoms with Crippen LogP contribution in [0, 0.1) is 0 Å². The van der Waals surface area contributed by atoms with E-state index in [1.54, 1.807) is 0 Å². The molecular formula is C10H13NO2. The van der Waals surface area contributed by atoms with Crippen LogP contribution in [0.25, 0.3) is 0 Å². The molecule has 0 saturated carbocycles. The van der Waals surface area contributed by atoms with E-state index in [-0.39, 0.29) is 12.5 Å². The molecule has 1 aromatic rings. The van der Waals surface area contributed by atoms with Crippen molar-refractivity contribution in [2.45, 2.75) is 31.7 Å². The van der Waals surface area contributed by atoms with E-state index in [4.69, 9.17) is 5.11 Å². The minimum absolute atomic E-state index is 0.177. The number of hydrogen-bond donors (Lipinski definition) is 1. The highest BCUT2D eigenvalue weighted by molar-refractivity contribution is 5.67. The molecule has 0 aromatic carbocycles. The SMILES string of the molecule is O=C(O)C[C@@H]1CCCc2cccn21.